The summed E-state index contributed by atoms with van der Waals surface area (Å²) in [5.41, 5.74) is 0.307. The van der Waals surface area contributed by atoms with Crippen LogP contribution < -0.4 is 10.6 Å². The summed E-state index contributed by atoms with van der Waals surface area (Å²) < 4.78 is 4.63. The first-order valence-corrected chi connectivity index (χ1v) is 7.30. The van der Waals surface area contributed by atoms with Crippen molar-refractivity contribution in [2.45, 2.75) is 12.8 Å². The van der Waals surface area contributed by atoms with Crippen LogP contribution in [0, 0.1) is 5.92 Å². The molecule has 1 fully saturated rings. The van der Waals surface area contributed by atoms with Gasteiger partial charge < -0.3 is 20.3 Å². The molecule has 9 heteroatoms. The van der Waals surface area contributed by atoms with E-state index in [1.807, 2.05) is 0 Å². The number of rotatable bonds is 5. The fraction of sp³-hybridized carbons (Fsp3) is 0.571. The number of carboxylic acid groups (broad SMARTS) is 1. The zero-order valence-corrected chi connectivity index (χ0v) is 13.0. The van der Waals surface area contributed by atoms with Crippen LogP contribution >= 0.6 is 0 Å². The van der Waals surface area contributed by atoms with Gasteiger partial charge in [0.05, 0.1) is 6.54 Å². The molecule has 1 aromatic heterocycles. The Morgan fingerprint density at radius 3 is 2.65 bits per heavy atom. The average Bonchev–Trinajstić information content (AvgIpc) is 3.09. The van der Waals surface area contributed by atoms with E-state index in [9.17, 15) is 9.59 Å². The predicted octanol–water partition coefficient (Wildman–Crippen LogP) is -0.437. The minimum absolute atomic E-state index is 0.0442. The number of hydrogen-bond acceptors (Lipinski definition) is 6. The van der Waals surface area contributed by atoms with E-state index in [0.717, 1.165) is 25.9 Å². The minimum Gasteiger partial charge on any atom is -0.483 e. The molecule has 2 heterocycles. The summed E-state index contributed by atoms with van der Waals surface area (Å²) >= 11 is 0. The van der Waals surface area contributed by atoms with Gasteiger partial charge in [-0.15, -0.1) is 0 Å². The number of aromatic nitrogens is 1. The Morgan fingerprint density at radius 1 is 1.48 bits per heavy atom. The molecule has 1 aliphatic rings. The van der Waals surface area contributed by atoms with Crippen molar-refractivity contribution < 1.29 is 24.0 Å². The second-order valence-corrected chi connectivity index (χ2v) is 5.09. The molecular formula is C14H22N4O5. The van der Waals surface area contributed by atoms with Crippen molar-refractivity contribution in [2.24, 2.45) is 5.92 Å². The molecular weight excluding hydrogens is 304 g/mol. The Bertz CT molecular complexity index is 483. The van der Waals surface area contributed by atoms with Gasteiger partial charge in [0.15, 0.2) is 5.69 Å². The number of likely N-dealkylation sites (N-methyl/N-ethyl adjacent to an activating group) is 1. The third kappa shape index (κ3) is 6.92. The van der Waals surface area contributed by atoms with Crippen LogP contribution in [0.5, 0.6) is 0 Å². The molecule has 0 bridgehead atoms. The van der Waals surface area contributed by atoms with E-state index in [2.05, 4.69) is 25.2 Å². The van der Waals surface area contributed by atoms with Crippen molar-refractivity contribution in [1.82, 2.24) is 20.7 Å². The van der Waals surface area contributed by atoms with Crippen LogP contribution in [0.15, 0.2) is 16.9 Å². The molecule has 1 saturated heterocycles. The number of likely N-dealkylation sites (tertiary alicyclic amines) is 1. The van der Waals surface area contributed by atoms with E-state index in [-0.39, 0.29) is 18.3 Å². The highest BCUT2D eigenvalue weighted by molar-refractivity contribution is 5.91. The molecule has 1 aliphatic heterocycles. The van der Waals surface area contributed by atoms with Gasteiger partial charge in [-0.25, -0.2) is 0 Å². The lowest BCUT2D eigenvalue weighted by molar-refractivity contribution is -0.123. The van der Waals surface area contributed by atoms with E-state index >= 15 is 0 Å². The van der Waals surface area contributed by atoms with Gasteiger partial charge in [0.1, 0.15) is 6.26 Å². The Labute approximate surface area is 134 Å². The van der Waals surface area contributed by atoms with Crippen LogP contribution in [0.4, 0.5) is 0 Å². The summed E-state index contributed by atoms with van der Waals surface area (Å²) in [7, 11) is 1.65. The first kappa shape index (κ1) is 18.6. The third-order valence-electron chi connectivity index (χ3n) is 3.57. The number of carbonyl (C=O) groups is 3. The van der Waals surface area contributed by atoms with Gasteiger partial charge in [-0.1, -0.05) is 5.16 Å². The van der Waals surface area contributed by atoms with E-state index in [1.54, 1.807) is 13.1 Å². The summed E-state index contributed by atoms with van der Waals surface area (Å²) in [6, 6.07) is 1.54. The topological polar surface area (TPSA) is 125 Å². The van der Waals surface area contributed by atoms with Crippen LogP contribution in [0.25, 0.3) is 0 Å². The molecule has 0 aliphatic carbocycles. The Hall–Kier alpha value is -2.42. The average molecular weight is 326 g/mol. The number of amides is 2. The van der Waals surface area contributed by atoms with Gasteiger partial charge in [-0.05, 0) is 31.8 Å². The largest absolute Gasteiger partial charge is 0.483 e. The van der Waals surface area contributed by atoms with Crippen molar-refractivity contribution in [3.8, 4) is 0 Å². The van der Waals surface area contributed by atoms with Crippen LogP contribution in [0.1, 0.15) is 23.3 Å². The lowest BCUT2D eigenvalue weighted by Crippen LogP contribution is -2.42. The van der Waals surface area contributed by atoms with Crippen molar-refractivity contribution in [3.63, 3.8) is 0 Å². The minimum atomic E-state index is -0.250. The molecule has 23 heavy (non-hydrogen) atoms. The van der Waals surface area contributed by atoms with Gasteiger partial charge >= 0.3 is 0 Å². The second-order valence-electron chi connectivity index (χ2n) is 5.09. The van der Waals surface area contributed by atoms with Crippen molar-refractivity contribution in [3.05, 3.63) is 18.0 Å². The molecule has 2 rings (SSSR count). The predicted molar refractivity (Wildman–Crippen MR) is 80.8 cm³/mol. The van der Waals surface area contributed by atoms with Crippen molar-refractivity contribution >= 4 is 18.3 Å². The van der Waals surface area contributed by atoms with E-state index in [0.29, 0.717) is 24.7 Å². The molecule has 0 atom stereocenters. The van der Waals surface area contributed by atoms with E-state index in [4.69, 9.17) is 9.90 Å². The first-order valence-electron chi connectivity index (χ1n) is 7.30. The maximum atomic E-state index is 11.7. The van der Waals surface area contributed by atoms with E-state index in [1.165, 1.54) is 6.26 Å². The maximum absolute atomic E-state index is 11.7. The maximum Gasteiger partial charge on any atom is 0.290 e. The Morgan fingerprint density at radius 2 is 2.13 bits per heavy atom. The summed E-state index contributed by atoms with van der Waals surface area (Å²) in [5.74, 6) is 0.293. The summed E-state index contributed by atoms with van der Waals surface area (Å²) in [6.07, 6.45) is 3.35. The fourth-order valence-electron chi connectivity index (χ4n) is 2.29. The lowest BCUT2D eigenvalue weighted by Gasteiger charge is -2.31. The van der Waals surface area contributed by atoms with Gasteiger partial charge in [0.2, 0.25) is 5.91 Å². The number of nitrogens with zero attached hydrogens (tertiary/aromatic N) is 2. The fourth-order valence-corrected chi connectivity index (χ4v) is 2.29. The van der Waals surface area contributed by atoms with Crippen LogP contribution in [-0.2, 0) is 9.59 Å². The molecule has 128 valence electrons. The number of piperidine rings is 1. The highest BCUT2D eigenvalue weighted by Gasteiger charge is 2.21. The van der Waals surface area contributed by atoms with Crippen molar-refractivity contribution in [2.75, 3.05) is 33.2 Å². The molecule has 0 aromatic carbocycles. The normalized spacial score (nSPS) is 15.2. The van der Waals surface area contributed by atoms with Gasteiger partial charge in [-0.2, -0.15) is 0 Å². The SMILES string of the molecule is CNC(=O)CN1CCC(CNC(=O)c2ccon2)CC1.O=CO. The smallest absolute Gasteiger partial charge is 0.290 e. The summed E-state index contributed by atoms with van der Waals surface area (Å²) in [5, 5.41) is 16.0. The van der Waals surface area contributed by atoms with Gasteiger partial charge in [0, 0.05) is 19.7 Å². The molecule has 1 aromatic rings. The Balaban J connectivity index is 0.000000816. The number of hydrogen-bond donors (Lipinski definition) is 3. The van der Waals surface area contributed by atoms with Gasteiger partial charge in [-0.3, -0.25) is 19.3 Å². The molecule has 0 spiro atoms. The van der Waals surface area contributed by atoms with Crippen molar-refractivity contribution in [1.29, 1.82) is 0 Å². The standard InChI is InChI=1S/C13H20N4O3.CH2O2/c1-14-12(18)9-17-5-2-10(3-6-17)8-15-13(19)11-4-7-20-16-11;2-1-3/h4,7,10H,2-3,5-6,8-9H2,1H3,(H,14,18)(H,15,19);1H,(H,2,3). The highest BCUT2D eigenvalue weighted by atomic mass is 16.5. The van der Waals surface area contributed by atoms with Crippen LogP contribution in [0.2, 0.25) is 0 Å². The zero-order valence-electron chi connectivity index (χ0n) is 13.0. The monoisotopic (exact) mass is 326 g/mol. The molecule has 0 radical (unpaired) electrons. The molecule has 2 amide bonds. The summed E-state index contributed by atoms with van der Waals surface area (Å²) in [4.78, 5) is 33.5. The second kappa shape index (κ2) is 10.3. The summed E-state index contributed by atoms with van der Waals surface area (Å²) in [6.45, 7) is 2.61. The van der Waals surface area contributed by atoms with Crippen LogP contribution in [-0.4, -0.2) is 66.7 Å². The van der Waals surface area contributed by atoms with E-state index < -0.39 is 0 Å². The number of carbonyl (C=O) groups excluding carboxylic acids is 2. The lowest BCUT2D eigenvalue weighted by atomic mass is 9.97. The van der Waals surface area contributed by atoms with Crippen LogP contribution in [0.3, 0.4) is 0 Å². The number of nitrogens with one attached hydrogen (secondary N) is 2. The molecule has 0 saturated carbocycles. The third-order valence-corrected chi connectivity index (χ3v) is 3.57. The van der Waals surface area contributed by atoms with Gasteiger partial charge in [0.25, 0.3) is 12.4 Å². The highest BCUT2D eigenvalue weighted by Crippen LogP contribution is 2.16. The Kier molecular flexibility index (Phi) is 8.37. The molecule has 9 nitrogen and oxygen atoms in total. The molecule has 3 N–H and O–H groups in total. The molecule has 0 unspecified atom stereocenters. The first-order chi connectivity index (χ1) is 11.1. The zero-order chi connectivity index (χ0) is 17.1. The quantitative estimate of drug-likeness (QED) is 0.627.